The molecule has 2 amide bonds. The first-order valence-corrected chi connectivity index (χ1v) is 12.7. The summed E-state index contributed by atoms with van der Waals surface area (Å²) < 4.78 is 26.6. The van der Waals surface area contributed by atoms with E-state index in [9.17, 15) is 23.1 Å². The average Bonchev–Trinajstić information content (AvgIpc) is 3.31. The van der Waals surface area contributed by atoms with Crippen LogP contribution in [0.4, 0.5) is 4.79 Å². The maximum absolute atomic E-state index is 12.7. The van der Waals surface area contributed by atoms with Gasteiger partial charge in [-0.15, -0.1) is 0 Å². The highest BCUT2D eigenvalue weighted by atomic mass is 35.5. The third kappa shape index (κ3) is 6.21. The lowest BCUT2D eigenvalue weighted by Gasteiger charge is -2.18. The summed E-state index contributed by atoms with van der Waals surface area (Å²) in [5, 5.41) is 9.34. The van der Waals surface area contributed by atoms with Crippen LogP contribution >= 0.6 is 23.2 Å². The molecule has 0 unspecified atom stereocenters. The molecule has 186 valence electrons. The van der Waals surface area contributed by atoms with Gasteiger partial charge in [0.1, 0.15) is 10.7 Å². The molecule has 0 aliphatic carbocycles. The number of hydrogen-bond donors (Lipinski definition) is 1. The smallest absolute Gasteiger partial charge is 0.413 e. The molecule has 1 aliphatic rings. The standard InChI is InChI=1S/C23H24Cl2N4O5S/c1-27(15-16-8-10-17(11-9-16)22-26-12-14-29(22)23(31)32)20(30)7-4-13-28(2)35(33,34)19-6-3-5-18(24)21(19)25/h3-11H,12-15H2,1-2H3,(H,31,32)/b7-4+. The van der Waals surface area contributed by atoms with E-state index in [0.29, 0.717) is 31.0 Å². The molecule has 0 spiro atoms. The highest BCUT2D eigenvalue weighted by Gasteiger charge is 2.25. The average molecular weight is 539 g/mol. The van der Waals surface area contributed by atoms with Gasteiger partial charge in [-0.1, -0.05) is 59.6 Å². The molecule has 2 aromatic rings. The van der Waals surface area contributed by atoms with Crippen LogP contribution in [0.5, 0.6) is 0 Å². The number of amidine groups is 1. The molecular formula is C23H24Cl2N4O5S. The molecule has 0 saturated heterocycles. The number of rotatable bonds is 8. The Balaban J connectivity index is 1.58. The summed E-state index contributed by atoms with van der Waals surface area (Å²) >= 11 is 12.0. The highest BCUT2D eigenvalue weighted by molar-refractivity contribution is 7.89. The zero-order chi connectivity index (χ0) is 25.8. The van der Waals surface area contributed by atoms with E-state index in [1.807, 2.05) is 0 Å². The minimum atomic E-state index is -3.89. The van der Waals surface area contributed by atoms with Gasteiger partial charge < -0.3 is 10.0 Å². The van der Waals surface area contributed by atoms with Crippen molar-refractivity contribution in [1.82, 2.24) is 14.1 Å². The third-order valence-corrected chi connectivity index (χ3v) is 8.10. The molecule has 0 saturated carbocycles. The Morgan fingerprint density at radius 3 is 2.49 bits per heavy atom. The van der Waals surface area contributed by atoms with Gasteiger partial charge in [-0.3, -0.25) is 14.7 Å². The highest BCUT2D eigenvalue weighted by Crippen LogP contribution is 2.30. The number of carbonyl (C=O) groups excluding carboxylic acids is 1. The van der Waals surface area contributed by atoms with Gasteiger partial charge >= 0.3 is 6.09 Å². The van der Waals surface area contributed by atoms with E-state index in [1.54, 1.807) is 31.3 Å². The van der Waals surface area contributed by atoms with Crippen LogP contribution in [0.1, 0.15) is 11.1 Å². The summed E-state index contributed by atoms with van der Waals surface area (Å²) in [7, 11) is -0.882. The molecule has 9 nitrogen and oxygen atoms in total. The van der Waals surface area contributed by atoms with Gasteiger partial charge in [0.25, 0.3) is 0 Å². The van der Waals surface area contributed by atoms with Crippen LogP contribution in [0.25, 0.3) is 0 Å². The van der Waals surface area contributed by atoms with Crippen LogP contribution in [0, 0.1) is 0 Å². The largest absolute Gasteiger partial charge is 0.465 e. The molecule has 0 radical (unpaired) electrons. The number of amides is 2. The maximum atomic E-state index is 12.7. The van der Waals surface area contributed by atoms with E-state index in [0.717, 1.165) is 9.87 Å². The lowest BCUT2D eigenvalue weighted by atomic mass is 10.1. The fourth-order valence-electron chi connectivity index (χ4n) is 3.37. The minimum absolute atomic E-state index is 0.0400. The van der Waals surface area contributed by atoms with Crippen LogP contribution in [0.3, 0.4) is 0 Å². The minimum Gasteiger partial charge on any atom is -0.465 e. The molecule has 0 aromatic heterocycles. The van der Waals surface area contributed by atoms with Crippen molar-refractivity contribution in [2.75, 3.05) is 33.7 Å². The summed E-state index contributed by atoms with van der Waals surface area (Å²) in [6.45, 7) is 1.03. The fraction of sp³-hybridized carbons (Fsp3) is 0.261. The topological polar surface area (TPSA) is 111 Å². The number of hydrogen-bond acceptors (Lipinski definition) is 5. The number of aliphatic imine (C=N–C) groups is 1. The lowest BCUT2D eigenvalue weighted by Crippen LogP contribution is -2.33. The van der Waals surface area contributed by atoms with E-state index >= 15 is 0 Å². The predicted octanol–water partition coefficient (Wildman–Crippen LogP) is 3.57. The van der Waals surface area contributed by atoms with Crippen molar-refractivity contribution in [2.45, 2.75) is 11.4 Å². The first kappa shape index (κ1) is 26.7. The Morgan fingerprint density at radius 1 is 1.14 bits per heavy atom. The molecule has 35 heavy (non-hydrogen) atoms. The molecule has 0 bridgehead atoms. The predicted molar refractivity (Wildman–Crippen MR) is 134 cm³/mol. The molecule has 0 atom stereocenters. The molecule has 1 N–H and O–H groups in total. The van der Waals surface area contributed by atoms with E-state index < -0.39 is 16.1 Å². The van der Waals surface area contributed by atoms with Crippen LogP contribution in [0.2, 0.25) is 10.0 Å². The van der Waals surface area contributed by atoms with Gasteiger partial charge in [0.15, 0.2) is 0 Å². The second kappa shape index (κ2) is 11.2. The zero-order valence-corrected chi connectivity index (χ0v) is 21.4. The van der Waals surface area contributed by atoms with E-state index in [2.05, 4.69) is 4.99 Å². The van der Waals surface area contributed by atoms with E-state index in [4.69, 9.17) is 23.2 Å². The lowest BCUT2D eigenvalue weighted by molar-refractivity contribution is -0.125. The zero-order valence-electron chi connectivity index (χ0n) is 19.1. The van der Waals surface area contributed by atoms with Gasteiger partial charge in [0, 0.05) is 38.8 Å². The van der Waals surface area contributed by atoms with Gasteiger partial charge in [-0.25, -0.2) is 13.2 Å². The number of likely N-dealkylation sites (N-methyl/N-ethyl adjacent to an activating group) is 2. The van der Waals surface area contributed by atoms with Crippen molar-refractivity contribution >= 4 is 51.1 Å². The van der Waals surface area contributed by atoms with Crippen molar-refractivity contribution < 1.29 is 23.1 Å². The Kier molecular flexibility index (Phi) is 8.55. The van der Waals surface area contributed by atoms with Crippen molar-refractivity contribution in [3.8, 4) is 0 Å². The van der Waals surface area contributed by atoms with Gasteiger partial charge in [0.05, 0.1) is 23.1 Å². The van der Waals surface area contributed by atoms with Crippen molar-refractivity contribution in [3.63, 3.8) is 0 Å². The SMILES string of the molecule is CN(Cc1ccc(C2=NCCN2C(=O)O)cc1)C(=O)/C=C/CN(C)S(=O)(=O)c1cccc(Cl)c1Cl. The van der Waals surface area contributed by atoms with E-state index in [-0.39, 0.29) is 27.4 Å². The summed E-state index contributed by atoms with van der Waals surface area (Å²) in [6, 6.07) is 11.5. The Bertz CT molecular complexity index is 1280. The van der Waals surface area contributed by atoms with E-state index in [1.165, 1.54) is 47.2 Å². The number of nitrogens with zero attached hydrogens (tertiary/aromatic N) is 4. The quantitative estimate of drug-likeness (QED) is 0.516. The number of carbonyl (C=O) groups is 2. The van der Waals surface area contributed by atoms with Crippen LogP contribution < -0.4 is 0 Å². The summed E-state index contributed by atoms with van der Waals surface area (Å²) in [6.07, 6.45) is 1.71. The molecular weight excluding hydrogens is 515 g/mol. The molecule has 1 heterocycles. The Hall–Kier alpha value is -2.92. The van der Waals surface area contributed by atoms with Crippen LogP contribution in [-0.2, 0) is 21.4 Å². The Morgan fingerprint density at radius 2 is 1.83 bits per heavy atom. The maximum Gasteiger partial charge on any atom is 0.413 e. The summed E-state index contributed by atoms with van der Waals surface area (Å²) in [5.41, 5.74) is 1.53. The number of sulfonamides is 1. The van der Waals surface area contributed by atoms with Crippen molar-refractivity contribution in [3.05, 3.63) is 75.8 Å². The summed E-state index contributed by atoms with van der Waals surface area (Å²) in [5.74, 6) is 0.104. The molecule has 0 fully saturated rings. The molecule has 12 heteroatoms. The normalized spacial score (nSPS) is 14.0. The Labute approximate surface area is 213 Å². The van der Waals surface area contributed by atoms with Crippen molar-refractivity contribution in [2.24, 2.45) is 4.99 Å². The first-order valence-electron chi connectivity index (χ1n) is 10.5. The first-order chi connectivity index (χ1) is 16.5. The summed E-state index contributed by atoms with van der Waals surface area (Å²) in [4.78, 5) is 30.6. The van der Waals surface area contributed by atoms with Crippen LogP contribution in [-0.4, -0.2) is 79.2 Å². The monoisotopic (exact) mass is 538 g/mol. The second-order valence-electron chi connectivity index (χ2n) is 7.77. The van der Waals surface area contributed by atoms with Gasteiger partial charge in [-0.05, 0) is 17.7 Å². The number of halogens is 2. The molecule has 2 aromatic carbocycles. The molecule has 3 rings (SSSR count). The van der Waals surface area contributed by atoms with Crippen molar-refractivity contribution in [1.29, 1.82) is 0 Å². The number of benzene rings is 2. The third-order valence-electron chi connectivity index (χ3n) is 5.31. The fourth-order valence-corrected chi connectivity index (χ4v) is 5.22. The van der Waals surface area contributed by atoms with Gasteiger partial charge in [0.2, 0.25) is 15.9 Å². The second-order valence-corrected chi connectivity index (χ2v) is 10.6. The number of carboxylic acid groups (broad SMARTS) is 1. The van der Waals surface area contributed by atoms with Gasteiger partial charge in [-0.2, -0.15) is 4.31 Å². The molecule has 1 aliphatic heterocycles. The van der Waals surface area contributed by atoms with Crippen LogP contribution in [0.15, 0.2) is 64.5 Å².